The van der Waals surface area contributed by atoms with Crippen LogP contribution in [0.25, 0.3) is 11.0 Å². The summed E-state index contributed by atoms with van der Waals surface area (Å²) in [7, 11) is 0. The molecule has 2 aromatic rings. The Morgan fingerprint density at radius 3 is 3.00 bits per heavy atom. The maximum absolute atomic E-state index is 11.6. The normalized spacial score (nSPS) is 14.4. The van der Waals surface area contributed by atoms with Gasteiger partial charge in [-0.1, -0.05) is 0 Å². The molecule has 2 heterocycles. The zero-order chi connectivity index (χ0) is 15.2. The van der Waals surface area contributed by atoms with E-state index in [-0.39, 0.29) is 18.1 Å². The molecule has 0 spiro atoms. The van der Waals surface area contributed by atoms with E-state index in [1.54, 1.807) is 18.0 Å². The second-order valence-corrected chi connectivity index (χ2v) is 5.78. The number of aliphatic hydroxyl groups excluding tert-OH is 2. The highest BCUT2D eigenvalue weighted by Crippen LogP contribution is 2.13. The average Bonchev–Trinajstić information content (AvgIpc) is 2.90. The Kier molecular flexibility index (Phi) is 5.80. The Bertz CT molecular complexity index is 627. The molecule has 0 amide bonds. The van der Waals surface area contributed by atoms with Crippen molar-refractivity contribution in [3.63, 3.8) is 0 Å². The van der Waals surface area contributed by atoms with Gasteiger partial charge in [0.25, 0.3) is 5.56 Å². The van der Waals surface area contributed by atoms with E-state index in [0.29, 0.717) is 24.1 Å². The van der Waals surface area contributed by atoms with Crippen molar-refractivity contribution in [3.8, 4) is 0 Å². The minimum Gasteiger partial charge on any atom is -0.394 e. The first kappa shape index (κ1) is 16.0. The first-order valence-electron chi connectivity index (χ1n) is 6.69. The van der Waals surface area contributed by atoms with E-state index in [1.807, 2.05) is 6.26 Å². The van der Waals surface area contributed by atoms with Gasteiger partial charge in [0.1, 0.15) is 5.52 Å². The summed E-state index contributed by atoms with van der Waals surface area (Å²) in [6.45, 7) is 0.884. The topological polar surface area (TPSA) is 114 Å². The second kappa shape index (κ2) is 7.60. The van der Waals surface area contributed by atoms with Gasteiger partial charge in [0.15, 0.2) is 0 Å². The summed E-state index contributed by atoms with van der Waals surface area (Å²) in [5.41, 5.74) is 1.82. The largest absolute Gasteiger partial charge is 0.394 e. The zero-order valence-corrected chi connectivity index (χ0v) is 12.6. The van der Waals surface area contributed by atoms with Crippen molar-refractivity contribution in [2.45, 2.75) is 12.6 Å². The number of nitrogens with one attached hydrogen (secondary N) is 3. The highest BCUT2D eigenvalue weighted by atomic mass is 32.2. The minimum atomic E-state index is -0.728. The summed E-state index contributed by atoms with van der Waals surface area (Å²) in [5, 5.41) is 22.0. The number of aromatic nitrogens is 3. The molecule has 0 aliphatic carbocycles. The molecule has 0 bridgehead atoms. The smallest absolute Gasteiger partial charge is 0.275 e. The number of rotatable bonds is 8. The Hall–Kier alpha value is -1.35. The quantitative estimate of drug-likeness (QED) is 0.456. The van der Waals surface area contributed by atoms with Gasteiger partial charge in [0, 0.05) is 30.8 Å². The number of aromatic amines is 2. The molecule has 5 N–H and O–H groups in total. The van der Waals surface area contributed by atoms with Crippen LogP contribution in [0.2, 0.25) is 0 Å². The van der Waals surface area contributed by atoms with E-state index in [0.717, 1.165) is 11.3 Å². The van der Waals surface area contributed by atoms with Gasteiger partial charge in [-0.2, -0.15) is 11.8 Å². The monoisotopic (exact) mass is 312 g/mol. The molecule has 116 valence electrons. The van der Waals surface area contributed by atoms with Crippen LogP contribution in [0.3, 0.4) is 0 Å². The van der Waals surface area contributed by atoms with Gasteiger partial charge in [0.2, 0.25) is 0 Å². The average molecular weight is 312 g/mol. The zero-order valence-electron chi connectivity index (χ0n) is 11.8. The molecule has 0 radical (unpaired) electrons. The Labute approximate surface area is 126 Å². The molecule has 0 aliphatic rings. The Balaban J connectivity index is 1.98. The van der Waals surface area contributed by atoms with Gasteiger partial charge >= 0.3 is 0 Å². The van der Waals surface area contributed by atoms with Crippen molar-refractivity contribution >= 4 is 22.8 Å². The lowest BCUT2D eigenvalue weighted by atomic mass is 10.1. The lowest BCUT2D eigenvalue weighted by molar-refractivity contribution is 0.0549. The summed E-state index contributed by atoms with van der Waals surface area (Å²) >= 11 is 1.63. The molecule has 2 aromatic heterocycles. The Morgan fingerprint density at radius 1 is 1.48 bits per heavy atom. The summed E-state index contributed by atoms with van der Waals surface area (Å²) in [5.74, 6) is 0.743. The first-order chi connectivity index (χ1) is 10.2. The van der Waals surface area contributed by atoms with Gasteiger partial charge in [-0.05, 0) is 12.0 Å². The second-order valence-electron chi connectivity index (χ2n) is 4.87. The fourth-order valence-corrected chi connectivity index (χ4v) is 2.97. The van der Waals surface area contributed by atoms with E-state index in [1.165, 1.54) is 6.33 Å². The minimum absolute atomic E-state index is 0.0217. The molecule has 2 rings (SSSR count). The van der Waals surface area contributed by atoms with E-state index in [4.69, 9.17) is 5.11 Å². The van der Waals surface area contributed by atoms with E-state index >= 15 is 0 Å². The Morgan fingerprint density at radius 2 is 2.29 bits per heavy atom. The molecule has 8 heteroatoms. The standard InChI is InChI=1S/C13H20N4O3S/c1-21-6-9(10(19)5-18)3-14-2-8-4-15-12-11(8)16-7-17-13(12)20/h4,7,9-10,14-15,18-19H,2-3,5-6H2,1H3,(H,16,17,20)/t9-,10-/m0/s1. The van der Waals surface area contributed by atoms with Crippen LogP contribution in [0.4, 0.5) is 0 Å². The van der Waals surface area contributed by atoms with Crippen molar-refractivity contribution < 1.29 is 10.2 Å². The number of aliphatic hydroxyl groups is 2. The van der Waals surface area contributed by atoms with E-state index < -0.39 is 6.10 Å². The predicted octanol–water partition coefficient (Wildman–Crippen LogP) is -0.327. The number of thioether (sulfide) groups is 1. The third kappa shape index (κ3) is 3.85. The van der Waals surface area contributed by atoms with Gasteiger partial charge in [-0.25, -0.2) is 4.98 Å². The number of fused-ring (bicyclic) bond motifs is 1. The van der Waals surface area contributed by atoms with Gasteiger partial charge in [0.05, 0.1) is 24.6 Å². The lowest BCUT2D eigenvalue weighted by Gasteiger charge is -2.20. The van der Waals surface area contributed by atoms with E-state index in [2.05, 4.69) is 20.3 Å². The maximum atomic E-state index is 11.6. The van der Waals surface area contributed by atoms with Gasteiger partial charge in [-0.15, -0.1) is 0 Å². The van der Waals surface area contributed by atoms with Crippen LogP contribution in [-0.4, -0.2) is 56.4 Å². The molecule has 0 aliphatic heterocycles. The SMILES string of the molecule is CSC[C@H](CNCc1c[nH]c2c(=O)[nH]cnc12)[C@@H](O)CO. The van der Waals surface area contributed by atoms with Crippen LogP contribution >= 0.6 is 11.8 Å². The molecule has 7 nitrogen and oxygen atoms in total. The van der Waals surface area contributed by atoms with Crippen molar-refractivity contribution in [2.24, 2.45) is 5.92 Å². The molecule has 0 aromatic carbocycles. The van der Waals surface area contributed by atoms with Crippen LogP contribution in [0.5, 0.6) is 0 Å². The fraction of sp³-hybridized carbons (Fsp3) is 0.538. The van der Waals surface area contributed by atoms with E-state index in [9.17, 15) is 9.90 Å². The highest BCUT2D eigenvalue weighted by Gasteiger charge is 2.17. The van der Waals surface area contributed by atoms with Gasteiger partial charge < -0.3 is 25.5 Å². The lowest BCUT2D eigenvalue weighted by Crippen LogP contribution is -2.35. The molecular weight excluding hydrogens is 292 g/mol. The summed E-state index contributed by atoms with van der Waals surface area (Å²) in [6, 6.07) is 0. The van der Waals surface area contributed by atoms with Crippen molar-refractivity contribution in [1.29, 1.82) is 0 Å². The van der Waals surface area contributed by atoms with Crippen LogP contribution in [0.1, 0.15) is 5.56 Å². The number of hydrogen-bond donors (Lipinski definition) is 5. The highest BCUT2D eigenvalue weighted by molar-refractivity contribution is 7.98. The molecule has 0 saturated carbocycles. The van der Waals surface area contributed by atoms with Crippen molar-refractivity contribution in [2.75, 3.05) is 25.2 Å². The summed E-state index contributed by atoms with van der Waals surface area (Å²) < 4.78 is 0. The molecule has 2 atom stereocenters. The third-order valence-corrected chi connectivity index (χ3v) is 4.14. The van der Waals surface area contributed by atoms with Crippen LogP contribution in [-0.2, 0) is 6.54 Å². The summed E-state index contributed by atoms with van der Waals surface area (Å²) in [4.78, 5) is 21.2. The molecule has 0 unspecified atom stereocenters. The van der Waals surface area contributed by atoms with Crippen LogP contribution in [0.15, 0.2) is 17.3 Å². The first-order valence-corrected chi connectivity index (χ1v) is 8.09. The summed E-state index contributed by atoms with van der Waals surface area (Å²) in [6.07, 6.45) is 4.38. The molecule has 0 fully saturated rings. The maximum Gasteiger partial charge on any atom is 0.275 e. The third-order valence-electron chi connectivity index (χ3n) is 3.38. The van der Waals surface area contributed by atoms with Crippen molar-refractivity contribution in [1.82, 2.24) is 20.3 Å². The van der Waals surface area contributed by atoms with Crippen molar-refractivity contribution in [3.05, 3.63) is 28.4 Å². The molecule has 0 saturated heterocycles. The molecular formula is C13H20N4O3S. The number of H-pyrrole nitrogens is 2. The molecule has 21 heavy (non-hydrogen) atoms. The fourth-order valence-electron chi connectivity index (χ4n) is 2.20. The predicted molar refractivity (Wildman–Crippen MR) is 83.4 cm³/mol. The van der Waals surface area contributed by atoms with Gasteiger partial charge in [-0.3, -0.25) is 4.79 Å². The number of nitrogens with zero attached hydrogens (tertiary/aromatic N) is 1. The van der Waals surface area contributed by atoms with Crippen LogP contribution < -0.4 is 10.9 Å². The number of hydrogen-bond acceptors (Lipinski definition) is 6. The van der Waals surface area contributed by atoms with Crippen LogP contribution in [0, 0.1) is 5.92 Å².